The van der Waals surface area contributed by atoms with Crippen molar-refractivity contribution in [3.8, 4) is 0 Å². The zero-order chi connectivity index (χ0) is 16.6. The fourth-order valence-corrected chi connectivity index (χ4v) is 3.08. The van der Waals surface area contributed by atoms with Gasteiger partial charge in [-0.3, -0.25) is 4.79 Å². The second-order valence-electron chi connectivity index (χ2n) is 6.16. The fourth-order valence-electron chi connectivity index (χ4n) is 3.08. The molecule has 1 atom stereocenters. The van der Waals surface area contributed by atoms with E-state index < -0.39 is 0 Å². The molecule has 0 aromatic carbocycles. The van der Waals surface area contributed by atoms with E-state index in [4.69, 9.17) is 0 Å². The van der Waals surface area contributed by atoms with Crippen molar-refractivity contribution in [3.63, 3.8) is 0 Å². The number of carbonyl (C=O) groups excluding carboxylic acids is 1. The van der Waals surface area contributed by atoms with Gasteiger partial charge >= 0.3 is 0 Å². The smallest absolute Gasteiger partial charge is 0.290 e. The Balaban J connectivity index is 1.93. The summed E-state index contributed by atoms with van der Waals surface area (Å²) in [6.07, 6.45) is 3.51. The molecule has 0 bridgehead atoms. The van der Waals surface area contributed by atoms with Gasteiger partial charge in [-0.05, 0) is 27.9 Å². The first kappa shape index (κ1) is 15.7. The van der Waals surface area contributed by atoms with Crippen LogP contribution in [0.3, 0.4) is 0 Å². The summed E-state index contributed by atoms with van der Waals surface area (Å²) in [5.41, 5.74) is 0. The quantitative estimate of drug-likeness (QED) is 0.816. The fraction of sp³-hybridized carbons (Fsp3) is 0.600. The minimum Gasteiger partial charge on any atom is -0.327 e. The lowest BCUT2D eigenvalue weighted by molar-refractivity contribution is 0.0525. The second kappa shape index (κ2) is 6.11. The van der Waals surface area contributed by atoms with Gasteiger partial charge in [-0.25, -0.2) is 4.98 Å². The van der Waals surface area contributed by atoms with Crippen LogP contribution in [0.4, 0.5) is 0 Å². The van der Waals surface area contributed by atoms with Gasteiger partial charge in [0.15, 0.2) is 11.6 Å². The molecular weight excluding hydrogens is 294 g/mol. The summed E-state index contributed by atoms with van der Waals surface area (Å²) < 4.78 is 3.98. The van der Waals surface area contributed by atoms with E-state index in [2.05, 4.69) is 24.6 Å². The first-order valence-corrected chi connectivity index (χ1v) is 7.86. The molecule has 1 unspecified atom stereocenters. The Morgan fingerprint density at radius 2 is 2.17 bits per heavy atom. The highest BCUT2D eigenvalue weighted by atomic mass is 16.2. The Morgan fingerprint density at radius 3 is 2.87 bits per heavy atom. The zero-order valence-electron chi connectivity index (χ0n) is 14.1. The van der Waals surface area contributed by atoms with Crippen molar-refractivity contribution in [2.45, 2.75) is 39.5 Å². The van der Waals surface area contributed by atoms with Gasteiger partial charge in [0.2, 0.25) is 0 Å². The lowest BCUT2D eigenvalue weighted by Crippen LogP contribution is -2.51. The topological polar surface area (TPSA) is 72.1 Å². The van der Waals surface area contributed by atoms with Crippen molar-refractivity contribution < 1.29 is 4.79 Å². The molecule has 0 aliphatic carbocycles. The summed E-state index contributed by atoms with van der Waals surface area (Å²) in [5.74, 6) is 2.17. The average Bonchev–Trinajstić information content (AvgIpc) is 3.12. The molecule has 124 valence electrons. The standard InChI is InChI=1S/C15H23N7O/c1-5-20-7-6-16-14(20)15(23)22-10-13-18-17-11(2)21(13)9-12(22)8-19(3)4/h6-7,12H,5,8-10H2,1-4H3. The second-order valence-corrected chi connectivity index (χ2v) is 6.16. The summed E-state index contributed by atoms with van der Waals surface area (Å²) in [5, 5.41) is 8.35. The van der Waals surface area contributed by atoms with Crippen LogP contribution in [0, 0.1) is 6.92 Å². The van der Waals surface area contributed by atoms with Crippen LogP contribution in [0.25, 0.3) is 0 Å². The Labute approximate surface area is 135 Å². The number of fused-ring (bicyclic) bond motifs is 1. The lowest BCUT2D eigenvalue weighted by Gasteiger charge is -2.37. The maximum absolute atomic E-state index is 13.0. The van der Waals surface area contributed by atoms with Gasteiger partial charge in [-0.15, -0.1) is 10.2 Å². The van der Waals surface area contributed by atoms with Gasteiger partial charge in [0.05, 0.1) is 12.6 Å². The number of imidazole rings is 1. The van der Waals surface area contributed by atoms with E-state index in [-0.39, 0.29) is 11.9 Å². The Hall–Kier alpha value is -2.22. The van der Waals surface area contributed by atoms with Crippen LogP contribution in [0.15, 0.2) is 12.4 Å². The number of amides is 1. The minimum atomic E-state index is -0.0457. The number of hydrogen-bond acceptors (Lipinski definition) is 5. The van der Waals surface area contributed by atoms with Gasteiger partial charge in [0.1, 0.15) is 5.82 Å². The Bertz CT molecular complexity index is 702. The molecule has 0 radical (unpaired) electrons. The number of aryl methyl sites for hydroxylation is 2. The molecule has 2 aromatic rings. The molecule has 2 aromatic heterocycles. The monoisotopic (exact) mass is 317 g/mol. The van der Waals surface area contributed by atoms with Crippen molar-refractivity contribution >= 4 is 5.91 Å². The van der Waals surface area contributed by atoms with E-state index in [0.29, 0.717) is 18.9 Å². The number of carbonyl (C=O) groups is 1. The molecule has 0 saturated heterocycles. The highest BCUT2D eigenvalue weighted by molar-refractivity contribution is 5.91. The molecule has 0 saturated carbocycles. The molecule has 0 fully saturated rings. The van der Waals surface area contributed by atoms with E-state index in [1.165, 1.54) is 0 Å². The zero-order valence-corrected chi connectivity index (χ0v) is 14.1. The largest absolute Gasteiger partial charge is 0.327 e. The maximum atomic E-state index is 13.0. The van der Waals surface area contributed by atoms with Crippen LogP contribution in [0.2, 0.25) is 0 Å². The molecule has 8 nitrogen and oxygen atoms in total. The van der Waals surface area contributed by atoms with Gasteiger partial charge in [-0.1, -0.05) is 0 Å². The normalized spacial score (nSPS) is 17.6. The molecule has 1 amide bonds. The van der Waals surface area contributed by atoms with Gasteiger partial charge in [0, 0.05) is 32.0 Å². The molecule has 3 rings (SSSR count). The average molecular weight is 317 g/mol. The summed E-state index contributed by atoms with van der Waals surface area (Å²) in [6.45, 7) is 6.65. The number of hydrogen-bond donors (Lipinski definition) is 0. The summed E-state index contributed by atoms with van der Waals surface area (Å²) >= 11 is 0. The summed E-state index contributed by atoms with van der Waals surface area (Å²) in [7, 11) is 4.04. The van der Waals surface area contributed by atoms with Crippen LogP contribution in [-0.2, 0) is 19.6 Å². The van der Waals surface area contributed by atoms with Crippen LogP contribution < -0.4 is 0 Å². The van der Waals surface area contributed by atoms with E-state index in [9.17, 15) is 4.79 Å². The molecule has 0 spiro atoms. The van der Waals surface area contributed by atoms with Crippen molar-refractivity contribution in [2.75, 3.05) is 20.6 Å². The summed E-state index contributed by atoms with van der Waals surface area (Å²) in [6, 6.07) is 0.0710. The molecule has 8 heteroatoms. The van der Waals surface area contributed by atoms with Crippen LogP contribution in [-0.4, -0.2) is 66.7 Å². The Kier molecular flexibility index (Phi) is 4.16. The van der Waals surface area contributed by atoms with Gasteiger partial charge in [0.25, 0.3) is 5.91 Å². The third-order valence-electron chi connectivity index (χ3n) is 4.24. The lowest BCUT2D eigenvalue weighted by atomic mass is 10.1. The van der Waals surface area contributed by atoms with Crippen LogP contribution in [0.1, 0.15) is 29.2 Å². The number of rotatable bonds is 4. The Morgan fingerprint density at radius 1 is 1.39 bits per heavy atom. The van der Waals surface area contributed by atoms with E-state index >= 15 is 0 Å². The van der Waals surface area contributed by atoms with E-state index in [1.54, 1.807) is 6.20 Å². The highest BCUT2D eigenvalue weighted by Gasteiger charge is 2.34. The molecule has 3 heterocycles. The number of likely N-dealkylation sites (N-methyl/N-ethyl adjacent to an activating group) is 1. The summed E-state index contributed by atoms with van der Waals surface area (Å²) in [4.78, 5) is 21.2. The van der Waals surface area contributed by atoms with Crippen molar-refractivity contribution in [2.24, 2.45) is 0 Å². The van der Waals surface area contributed by atoms with Crippen LogP contribution in [0.5, 0.6) is 0 Å². The SMILES string of the molecule is CCn1ccnc1C(=O)N1Cc2nnc(C)n2CC1CN(C)C. The minimum absolute atomic E-state index is 0.0457. The first-order chi connectivity index (χ1) is 11.0. The molecular formula is C15H23N7O. The predicted octanol–water partition coefficient (Wildman–Crippen LogP) is 0.389. The third-order valence-corrected chi connectivity index (χ3v) is 4.24. The molecule has 1 aliphatic heterocycles. The van der Waals surface area contributed by atoms with Gasteiger partial charge < -0.3 is 18.9 Å². The number of nitrogens with zero attached hydrogens (tertiary/aromatic N) is 7. The van der Waals surface area contributed by atoms with Gasteiger partial charge in [-0.2, -0.15) is 0 Å². The van der Waals surface area contributed by atoms with Crippen LogP contribution >= 0.6 is 0 Å². The van der Waals surface area contributed by atoms with Crippen molar-refractivity contribution in [1.29, 1.82) is 0 Å². The highest BCUT2D eigenvalue weighted by Crippen LogP contribution is 2.20. The number of aromatic nitrogens is 5. The third kappa shape index (κ3) is 2.86. The predicted molar refractivity (Wildman–Crippen MR) is 84.9 cm³/mol. The molecule has 0 N–H and O–H groups in total. The van der Waals surface area contributed by atoms with Crippen molar-refractivity contribution in [1.82, 2.24) is 34.1 Å². The van der Waals surface area contributed by atoms with E-state index in [0.717, 1.165) is 24.7 Å². The van der Waals surface area contributed by atoms with Crippen molar-refractivity contribution in [3.05, 3.63) is 29.9 Å². The molecule has 23 heavy (non-hydrogen) atoms. The molecule has 1 aliphatic rings. The van der Waals surface area contributed by atoms with E-state index in [1.807, 2.05) is 43.6 Å². The maximum Gasteiger partial charge on any atom is 0.290 e. The first-order valence-electron chi connectivity index (χ1n) is 7.86.